The maximum atomic E-state index is 13.8. The summed E-state index contributed by atoms with van der Waals surface area (Å²) in [5.74, 6) is -1.32. The maximum Gasteiger partial charge on any atom is 0.573 e. The van der Waals surface area contributed by atoms with Crippen molar-refractivity contribution < 1.29 is 40.5 Å². The van der Waals surface area contributed by atoms with Crippen molar-refractivity contribution in [2.75, 3.05) is 24.5 Å². The van der Waals surface area contributed by atoms with Gasteiger partial charge in [-0.3, -0.25) is 14.1 Å². The molecule has 0 aromatic heterocycles. The Labute approximate surface area is 205 Å². The highest BCUT2D eigenvalue weighted by atomic mass is 32.2. The molecule has 194 valence electrons. The molecule has 2 fully saturated rings. The molecule has 0 radical (unpaired) electrons. The molecule has 2 saturated heterocycles. The van der Waals surface area contributed by atoms with Gasteiger partial charge in [0.1, 0.15) is 5.75 Å². The highest BCUT2D eigenvalue weighted by molar-refractivity contribution is 7.83. The van der Waals surface area contributed by atoms with Crippen LogP contribution in [0.5, 0.6) is 5.75 Å². The fraction of sp³-hybridized carbons (Fsp3) is 0.391. The van der Waals surface area contributed by atoms with E-state index in [2.05, 4.69) is 4.74 Å². The van der Waals surface area contributed by atoms with Gasteiger partial charge >= 0.3 is 16.7 Å². The molecule has 3 N–H and O–H groups in total. The Morgan fingerprint density at radius 2 is 1.47 bits per heavy atom. The molecule has 4 rings (SSSR count). The SMILES string of the molecule is NC(=O)c1ccc(C(=O)C2N(c3ccc(OC(F)(F)F)cc3)CCC23CCN(S(=O)(=O)O)CC3)cc1. The van der Waals surface area contributed by atoms with E-state index in [9.17, 15) is 35.7 Å². The number of ether oxygens (including phenoxy) is 1. The Morgan fingerprint density at radius 1 is 0.944 bits per heavy atom. The molecule has 0 saturated carbocycles. The highest BCUT2D eigenvalue weighted by Gasteiger charge is 2.53. The third-order valence-corrected chi connectivity index (χ3v) is 7.91. The number of carbonyl (C=O) groups excluding carboxylic acids is 2. The summed E-state index contributed by atoms with van der Waals surface area (Å²) in [7, 11) is -4.38. The Kier molecular flexibility index (Phi) is 6.75. The summed E-state index contributed by atoms with van der Waals surface area (Å²) in [4.78, 5) is 27.0. The molecule has 0 aliphatic carbocycles. The average Bonchev–Trinajstić information content (AvgIpc) is 3.16. The van der Waals surface area contributed by atoms with Crippen molar-refractivity contribution >= 4 is 27.7 Å². The van der Waals surface area contributed by atoms with Crippen molar-refractivity contribution in [2.45, 2.75) is 31.7 Å². The molecule has 1 unspecified atom stereocenters. The third-order valence-electron chi connectivity index (χ3n) is 6.89. The summed E-state index contributed by atoms with van der Waals surface area (Å²) < 4.78 is 75.2. The first-order valence-corrected chi connectivity index (χ1v) is 12.5. The van der Waals surface area contributed by atoms with Crippen LogP contribution < -0.4 is 15.4 Å². The van der Waals surface area contributed by atoms with Gasteiger partial charge in [0.25, 0.3) is 0 Å². The lowest BCUT2D eigenvalue weighted by atomic mass is 9.70. The van der Waals surface area contributed by atoms with Crippen molar-refractivity contribution in [3.8, 4) is 5.75 Å². The number of piperidine rings is 1. The first kappa shape index (κ1) is 25.9. The number of carbonyl (C=O) groups is 2. The summed E-state index contributed by atoms with van der Waals surface area (Å²) >= 11 is 0. The zero-order chi connectivity index (χ0) is 26.3. The summed E-state index contributed by atoms with van der Waals surface area (Å²) in [6.45, 7) is 0.450. The monoisotopic (exact) mass is 527 g/mol. The summed E-state index contributed by atoms with van der Waals surface area (Å²) in [5, 5.41) is 0. The quantitative estimate of drug-likeness (QED) is 0.436. The van der Waals surface area contributed by atoms with Crippen molar-refractivity contribution in [3.05, 3.63) is 59.7 Å². The van der Waals surface area contributed by atoms with Gasteiger partial charge in [-0.25, -0.2) is 0 Å². The Hall–Kier alpha value is -3.16. The second kappa shape index (κ2) is 9.37. The second-order valence-corrected chi connectivity index (χ2v) is 10.3. The smallest absolute Gasteiger partial charge is 0.406 e. The number of hydrogen-bond donors (Lipinski definition) is 2. The third kappa shape index (κ3) is 5.32. The van der Waals surface area contributed by atoms with Crippen molar-refractivity contribution in [1.29, 1.82) is 0 Å². The number of hydrogen-bond acceptors (Lipinski definition) is 6. The summed E-state index contributed by atoms with van der Waals surface area (Å²) in [6, 6.07) is 10.3. The van der Waals surface area contributed by atoms with Crippen LogP contribution in [0.3, 0.4) is 0 Å². The van der Waals surface area contributed by atoms with Crippen molar-refractivity contribution in [1.82, 2.24) is 4.31 Å². The highest BCUT2D eigenvalue weighted by Crippen LogP contribution is 2.48. The van der Waals surface area contributed by atoms with E-state index in [0.29, 0.717) is 37.1 Å². The predicted molar refractivity (Wildman–Crippen MR) is 123 cm³/mol. The average molecular weight is 528 g/mol. The van der Waals surface area contributed by atoms with Crippen LogP contribution in [0.15, 0.2) is 48.5 Å². The molecule has 2 aromatic carbocycles. The number of rotatable bonds is 6. The topological polar surface area (TPSA) is 130 Å². The van der Waals surface area contributed by atoms with Crippen LogP contribution in [-0.4, -0.2) is 61.0 Å². The van der Waals surface area contributed by atoms with E-state index in [0.717, 1.165) is 16.4 Å². The van der Waals surface area contributed by atoms with E-state index in [1.165, 1.54) is 36.4 Å². The maximum absolute atomic E-state index is 13.8. The molecule has 36 heavy (non-hydrogen) atoms. The molecule has 2 aliphatic heterocycles. The van der Waals surface area contributed by atoms with E-state index in [4.69, 9.17) is 5.73 Å². The largest absolute Gasteiger partial charge is 0.573 e. The number of ketones is 1. The van der Waals surface area contributed by atoms with Crippen LogP contribution in [-0.2, 0) is 10.3 Å². The van der Waals surface area contributed by atoms with Crippen molar-refractivity contribution in [3.63, 3.8) is 0 Å². The lowest BCUT2D eigenvalue weighted by Gasteiger charge is -2.43. The molecule has 1 spiro atoms. The second-order valence-electron chi connectivity index (χ2n) is 8.93. The van der Waals surface area contributed by atoms with Gasteiger partial charge in [0.2, 0.25) is 5.91 Å². The van der Waals surface area contributed by atoms with Crippen molar-refractivity contribution in [2.24, 2.45) is 11.1 Å². The van der Waals surface area contributed by atoms with E-state index in [1.54, 1.807) is 4.90 Å². The van der Waals surface area contributed by atoms with Gasteiger partial charge in [0.05, 0.1) is 6.04 Å². The zero-order valence-corrected chi connectivity index (χ0v) is 19.8. The van der Waals surface area contributed by atoms with Crippen LogP contribution in [0.25, 0.3) is 0 Å². The number of halogens is 3. The number of alkyl halides is 3. The summed E-state index contributed by atoms with van der Waals surface area (Å²) in [5.41, 5.74) is 5.69. The van der Waals surface area contributed by atoms with E-state index < -0.39 is 39.8 Å². The number of nitrogens with two attached hydrogens (primary N) is 1. The summed E-state index contributed by atoms with van der Waals surface area (Å²) in [6.07, 6.45) is -3.71. The minimum Gasteiger partial charge on any atom is -0.406 e. The minimum absolute atomic E-state index is 0.0232. The van der Waals surface area contributed by atoms with Crippen LogP contribution in [0.2, 0.25) is 0 Å². The van der Waals surface area contributed by atoms with Crippen LogP contribution >= 0.6 is 0 Å². The molecular weight excluding hydrogens is 503 g/mol. The zero-order valence-electron chi connectivity index (χ0n) is 18.9. The number of amides is 1. The Balaban J connectivity index is 1.67. The first-order valence-electron chi connectivity index (χ1n) is 11.1. The lowest BCUT2D eigenvalue weighted by Crippen LogP contribution is -2.52. The van der Waals surface area contributed by atoms with Gasteiger partial charge in [-0.1, -0.05) is 12.1 Å². The van der Waals surface area contributed by atoms with Gasteiger partial charge in [-0.05, 0) is 55.7 Å². The standard InChI is InChI=1S/C23H24F3N3O6S/c24-23(25,26)35-18-7-5-17(6-8-18)29-14-11-22(9-12-28(13-10-22)36(32,33)34)20(29)19(30)15-1-3-16(4-2-15)21(27)31/h1-8,20H,9-14H2,(H2,27,31)(H,32,33,34). The molecule has 0 bridgehead atoms. The number of anilines is 1. The fourth-order valence-corrected chi connectivity index (χ4v) is 5.76. The van der Waals surface area contributed by atoms with Gasteiger partial charge in [-0.15, -0.1) is 13.2 Å². The lowest BCUT2D eigenvalue weighted by molar-refractivity contribution is -0.274. The number of benzene rings is 2. The normalized spacial score (nSPS) is 20.4. The molecule has 2 aromatic rings. The van der Waals surface area contributed by atoms with E-state index >= 15 is 0 Å². The van der Waals surface area contributed by atoms with Crippen LogP contribution in [0.1, 0.15) is 40.0 Å². The predicted octanol–water partition coefficient (Wildman–Crippen LogP) is 3.03. The molecule has 2 heterocycles. The molecule has 1 atom stereocenters. The minimum atomic E-state index is -4.84. The Bertz CT molecular complexity index is 1240. The van der Waals surface area contributed by atoms with Gasteiger partial charge in [0.15, 0.2) is 5.78 Å². The number of nitrogens with zero attached hydrogens (tertiary/aromatic N) is 2. The van der Waals surface area contributed by atoms with Crippen LogP contribution in [0.4, 0.5) is 18.9 Å². The van der Waals surface area contributed by atoms with E-state index in [-0.39, 0.29) is 24.4 Å². The molecule has 13 heteroatoms. The molecular formula is C23H24F3N3O6S. The molecule has 2 aliphatic rings. The molecule has 1 amide bonds. The molecule has 9 nitrogen and oxygen atoms in total. The van der Waals surface area contributed by atoms with Crippen LogP contribution in [0, 0.1) is 5.41 Å². The number of Topliss-reactive ketones (excluding diaryl/α,β-unsaturated/α-hetero) is 1. The van der Waals surface area contributed by atoms with Gasteiger partial charge < -0.3 is 15.4 Å². The van der Waals surface area contributed by atoms with Gasteiger partial charge in [-0.2, -0.15) is 12.7 Å². The van der Waals surface area contributed by atoms with Gasteiger partial charge in [0, 0.05) is 41.9 Å². The number of primary amides is 1. The fourth-order valence-electron chi connectivity index (χ4n) is 5.12. The Morgan fingerprint density at radius 3 is 1.97 bits per heavy atom. The first-order chi connectivity index (χ1) is 16.8. The van der Waals surface area contributed by atoms with E-state index in [1.807, 2.05) is 0 Å².